The number of rotatable bonds is 7. The Morgan fingerprint density at radius 1 is 1.21 bits per heavy atom. The topological polar surface area (TPSA) is 86.0 Å². The first kappa shape index (κ1) is 16.5. The minimum Gasteiger partial charge on any atom is -0.389 e. The number of tetrazole rings is 1. The highest BCUT2D eigenvalue weighted by atomic mass is 35.5. The number of nitrogens with zero attached hydrogens (tertiary/aromatic N) is 5. The van der Waals surface area contributed by atoms with Gasteiger partial charge in [0.25, 0.3) is 0 Å². The highest BCUT2D eigenvalue weighted by Gasteiger charge is 2.10. The van der Waals surface area contributed by atoms with Crippen molar-refractivity contribution < 1.29 is 9.84 Å². The Morgan fingerprint density at radius 2 is 2.04 bits per heavy atom. The summed E-state index contributed by atoms with van der Waals surface area (Å²) in [5.41, 5.74) is 1.77. The van der Waals surface area contributed by atoms with Gasteiger partial charge in [-0.2, -0.15) is 4.80 Å². The Kier molecular flexibility index (Phi) is 5.47. The van der Waals surface area contributed by atoms with Crippen LogP contribution in [-0.4, -0.2) is 43.0 Å². The van der Waals surface area contributed by atoms with E-state index in [0.717, 1.165) is 11.1 Å². The first-order valence-corrected chi connectivity index (χ1v) is 7.77. The van der Waals surface area contributed by atoms with Crippen molar-refractivity contribution in [3.05, 3.63) is 59.4 Å². The molecule has 1 N–H and O–H groups in total. The molecule has 7 nitrogen and oxygen atoms in total. The minimum atomic E-state index is -0.728. The fraction of sp³-hybridized carbons (Fsp3) is 0.250. The second-order valence-electron chi connectivity index (χ2n) is 5.21. The number of hydrogen-bond acceptors (Lipinski definition) is 6. The lowest BCUT2D eigenvalue weighted by molar-refractivity contribution is 0.0165. The van der Waals surface area contributed by atoms with Crippen molar-refractivity contribution in [3.63, 3.8) is 0 Å². The van der Waals surface area contributed by atoms with Crippen LogP contribution < -0.4 is 0 Å². The van der Waals surface area contributed by atoms with E-state index in [1.54, 1.807) is 30.6 Å². The molecule has 0 aliphatic heterocycles. The summed E-state index contributed by atoms with van der Waals surface area (Å²) in [6, 6.07) is 11.0. The van der Waals surface area contributed by atoms with E-state index in [9.17, 15) is 5.11 Å². The van der Waals surface area contributed by atoms with Crippen LogP contribution in [-0.2, 0) is 17.9 Å². The summed E-state index contributed by atoms with van der Waals surface area (Å²) >= 11 is 5.83. The second kappa shape index (κ2) is 7.96. The normalized spacial score (nSPS) is 12.2. The van der Waals surface area contributed by atoms with E-state index in [1.165, 1.54) is 4.80 Å². The summed E-state index contributed by atoms with van der Waals surface area (Å²) in [5.74, 6) is 0.470. The van der Waals surface area contributed by atoms with Crippen LogP contribution >= 0.6 is 11.6 Å². The molecule has 1 atom stereocenters. The zero-order chi connectivity index (χ0) is 16.8. The van der Waals surface area contributed by atoms with E-state index in [-0.39, 0.29) is 13.2 Å². The van der Waals surface area contributed by atoms with E-state index >= 15 is 0 Å². The van der Waals surface area contributed by atoms with Crippen LogP contribution in [0, 0.1) is 0 Å². The van der Waals surface area contributed by atoms with Gasteiger partial charge >= 0.3 is 0 Å². The van der Waals surface area contributed by atoms with Crippen LogP contribution in [0.5, 0.6) is 0 Å². The van der Waals surface area contributed by atoms with E-state index < -0.39 is 6.10 Å². The van der Waals surface area contributed by atoms with Crippen LogP contribution in [0.4, 0.5) is 0 Å². The largest absolute Gasteiger partial charge is 0.389 e. The lowest BCUT2D eigenvalue weighted by atomic mass is 10.2. The third kappa shape index (κ3) is 4.58. The van der Waals surface area contributed by atoms with Crippen LogP contribution in [0.15, 0.2) is 48.8 Å². The average Bonchev–Trinajstić information content (AvgIpc) is 3.06. The fourth-order valence-electron chi connectivity index (χ4n) is 2.07. The smallest absolute Gasteiger partial charge is 0.206 e. The first-order valence-electron chi connectivity index (χ1n) is 7.39. The van der Waals surface area contributed by atoms with Gasteiger partial charge in [-0.1, -0.05) is 23.7 Å². The Morgan fingerprint density at radius 3 is 2.79 bits per heavy atom. The number of hydrogen-bond donors (Lipinski definition) is 1. The summed E-state index contributed by atoms with van der Waals surface area (Å²) in [6.45, 7) is 0.778. The highest BCUT2D eigenvalue weighted by molar-refractivity contribution is 6.30. The maximum atomic E-state index is 10.0. The molecule has 124 valence electrons. The van der Waals surface area contributed by atoms with Crippen molar-refractivity contribution in [1.29, 1.82) is 0 Å². The maximum absolute atomic E-state index is 10.0. The van der Waals surface area contributed by atoms with Crippen molar-refractivity contribution >= 4 is 11.6 Å². The molecular weight excluding hydrogens is 330 g/mol. The van der Waals surface area contributed by atoms with Crippen molar-refractivity contribution in [3.8, 4) is 11.4 Å². The SMILES string of the molecule is O[C@@H](COCc1ccc(Cl)cc1)Cn1nnc(-c2cccnc2)n1. The highest BCUT2D eigenvalue weighted by Crippen LogP contribution is 2.11. The molecular formula is C16H16ClN5O2. The zero-order valence-electron chi connectivity index (χ0n) is 12.8. The Hall–Kier alpha value is -2.35. The molecule has 0 amide bonds. The molecule has 0 aliphatic rings. The van der Waals surface area contributed by atoms with E-state index in [1.807, 2.05) is 18.2 Å². The van der Waals surface area contributed by atoms with E-state index in [4.69, 9.17) is 16.3 Å². The van der Waals surface area contributed by atoms with Gasteiger partial charge in [0.1, 0.15) is 0 Å². The third-order valence-corrected chi connectivity index (χ3v) is 3.49. The van der Waals surface area contributed by atoms with Crippen molar-refractivity contribution in [2.45, 2.75) is 19.3 Å². The number of halogens is 1. The van der Waals surface area contributed by atoms with Gasteiger partial charge in [-0.3, -0.25) is 4.98 Å². The number of ether oxygens (including phenoxy) is 1. The van der Waals surface area contributed by atoms with Gasteiger partial charge in [-0.25, -0.2) is 0 Å². The third-order valence-electron chi connectivity index (χ3n) is 3.24. The lowest BCUT2D eigenvalue weighted by Crippen LogP contribution is -2.23. The van der Waals surface area contributed by atoms with Crippen molar-refractivity contribution in [2.75, 3.05) is 6.61 Å². The van der Waals surface area contributed by atoms with Gasteiger partial charge in [-0.05, 0) is 35.0 Å². The molecule has 0 aliphatic carbocycles. The standard InChI is InChI=1S/C16H16ClN5O2/c17-14-5-3-12(4-6-14)10-24-11-15(23)9-22-20-16(19-21-22)13-2-1-7-18-8-13/h1-8,15,23H,9-11H2/t15-/m1/s1. The van der Waals surface area contributed by atoms with Crippen LogP contribution in [0.1, 0.15) is 5.56 Å². The van der Waals surface area contributed by atoms with Gasteiger partial charge in [0.05, 0.1) is 25.9 Å². The summed E-state index contributed by atoms with van der Waals surface area (Å²) in [5, 5.41) is 22.8. The first-order chi connectivity index (χ1) is 11.7. The average molecular weight is 346 g/mol. The summed E-state index contributed by atoms with van der Waals surface area (Å²) in [6.07, 6.45) is 2.61. The number of aliphatic hydroxyl groups is 1. The molecule has 0 saturated carbocycles. The molecule has 0 spiro atoms. The Labute approximate surface area is 143 Å². The number of aliphatic hydroxyl groups excluding tert-OH is 1. The maximum Gasteiger partial charge on any atom is 0.206 e. The molecule has 2 heterocycles. The summed E-state index contributed by atoms with van der Waals surface area (Å²) < 4.78 is 5.49. The van der Waals surface area contributed by atoms with Gasteiger partial charge in [0.2, 0.25) is 5.82 Å². The molecule has 3 aromatic rings. The van der Waals surface area contributed by atoms with Gasteiger partial charge in [-0.15, -0.1) is 10.2 Å². The summed E-state index contributed by atoms with van der Waals surface area (Å²) in [4.78, 5) is 5.36. The number of benzene rings is 1. The van der Waals surface area contributed by atoms with E-state index in [2.05, 4.69) is 20.4 Å². The van der Waals surface area contributed by atoms with Gasteiger partial charge < -0.3 is 9.84 Å². The van der Waals surface area contributed by atoms with E-state index in [0.29, 0.717) is 17.5 Å². The Bertz CT molecular complexity index is 764. The molecule has 24 heavy (non-hydrogen) atoms. The molecule has 8 heteroatoms. The van der Waals surface area contributed by atoms with Crippen LogP contribution in [0.3, 0.4) is 0 Å². The molecule has 3 rings (SSSR count). The second-order valence-corrected chi connectivity index (χ2v) is 5.64. The molecule has 0 radical (unpaired) electrons. The molecule has 2 aromatic heterocycles. The van der Waals surface area contributed by atoms with Crippen molar-refractivity contribution in [1.82, 2.24) is 25.2 Å². The van der Waals surface area contributed by atoms with Crippen LogP contribution in [0.25, 0.3) is 11.4 Å². The quantitative estimate of drug-likeness (QED) is 0.704. The van der Waals surface area contributed by atoms with Crippen molar-refractivity contribution in [2.24, 2.45) is 0 Å². The minimum absolute atomic E-state index is 0.173. The predicted octanol–water partition coefficient (Wildman–Crippen LogP) is 1.97. The van der Waals surface area contributed by atoms with Gasteiger partial charge in [0.15, 0.2) is 0 Å². The molecule has 1 aromatic carbocycles. The molecule has 0 bridgehead atoms. The predicted molar refractivity (Wildman–Crippen MR) is 88.2 cm³/mol. The monoisotopic (exact) mass is 345 g/mol. The number of pyridine rings is 1. The zero-order valence-corrected chi connectivity index (χ0v) is 13.5. The molecule has 0 fully saturated rings. The Balaban J connectivity index is 1.47. The molecule has 0 unspecified atom stereocenters. The fourth-order valence-corrected chi connectivity index (χ4v) is 2.19. The molecule has 0 saturated heterocycles. The van der Waals surface area contributed by atoms with Gasteiger partial charge in [0, 0.05) is 23.0 Å². The van der Waals surface area contributed by atoms with Crippen LogP contribution in [0.2, 0.25) is 5.02 Å². The number of aromatic nitrogens is 5. The summed E-state index contributed by atoms with van der Waals surface area (Å²) in [7, 11) is 0. The lowest BCUT2D eigenvalue weighted by Gasteiger charge is -2.10.